The van der Waals surface area contributed by atoms with Crippen molar-refractivity contribution in [3.05, 3.63) is 28.2 Å². The van der Waals surface area contributed by atoms with Crippen LogP contribution >= 0.6 is 15.9 Å². The number of benzene rings is 1. The van der Waals surface area contributed by atoms with Gasteiger partial charge in [-0.3, -0.25) is 4.79 Å². The molecule has 0 aliphatic carbocycles. The molecular weight excluding hydrogens is 318 g/mol. The van der Waals surface area contributed by atoms with Crippen molar-refractivity contribution < 1.29 is 4.79 Å². The molecule has 5 heteroatoms. The second-order valence-corrected chi connectivity index (χ2v) is 6.52. The minimum Gasteiger partial charge on any atom is -0.370 e. The van der Waals surface area contributed by atoms with E-state index >= 15 is 0 Å². The largest absolute Gasteiger partial charge is 0.370 e. The molecule has 3 N–H and O–H groups in total. The maximum Gasteiger partial charge on any atom is 0.225 e. The number of nitrogens with zero attached hydrogens (tertiary/aromatic N) is 1. The lowest BCUT2D eigenvalue weighted by molar-refractivity contribution is -0.125. The van der Waals surface area contributed by atoms with Crippen molar-refractivity contribution in [2.45, 2.75) is 26.8 Å². The number of carbonyl (C=O) groups excluding carboxylic acids is 1. The van der Waals surface area contributed by atoms with E-state index < -0.39 is 5.41 Å². The van der Waals surface area contributed by atoms with Gasteiger partial charge >= 0.3 is 0 Å². The molecule has 110 valence electrons. The summed E-state index contributed by atoms with van der Waals surface area (Å²) in [5.41, 5.74) is 7.47. The van der Waals surface area contributed by atoms with Crippen LogP contribution in [0.15, 0.2) is 22.7 Å². The molecule has 1 aliphatic heterocycles. The molecule has 0 bridgehead atoms. The fraction of sp³-hybridized carbons (Fsp3) is 0.533. The van der Waals surface area contributed by atoms with Gasteiger partial charge in [0.2, 0.25) is 5.91 Å². The Morgan fingerprint density at radius 1 is 1.55 bits per heavy atom. The summed E-state index contributed by atoms with van der Waals surface area (Å²) in [6, 6.07) is 6.38. The molecule has 1 aliphatic rings. The maximum absolute atomic E-state index is 11.5. The maximum atomic E-state index is 11.5. The number of nitrogens with one attached hydrogen (secondary N) is 1. The standard InChI is InChI=1S/C15H22BrN3O/c1-3-18-9-11-4-5-13(12(16)8-11)19-7-6-15(2,10-19)14(17)20/h4-5,8,18H,3,6-7,9-10H2,1-2H3,(H2,17,20). The van der Waals surface area contributed by atoms with Crippen LogP contribution in [-0.2, 0) is 11.3 Å². The number of carbonyl (C=O) groups is 1. The molecule has 1 aromatic rings. The number of nitrogens with two attached hydrogens (primary N) is 1. The van der Waals surface area contributed by atoms with Crippen LogP contribution in [0.25, 0.3) is 0 Å². The van der Waals surface area contributed by atoms with Crippen LogP contribution in [0.2, 0.25) is 0 Å². The fourth-order valence-electron chi connectivity index (χ4n) is 2.55. The molecule has 1 fully saturated rings. The van der Waals surface area contributed by atoms with Gasteiger partial charge in [0.05, 0.1) is 11.1 Å². The van der Waals surface area contributed by atoms with Crippen LogP contribution in [0.5, 0.6) is 0 Å². The summed E-state index contributed by atoms with van der Waals surface area (Å²) < 4.78 is 1.07. The lowest BCUT2D eigenvalue weighted by atomic mass is 9.89. The van der Waals surface area contributed by atoms with Crippen molar-refractivity contribution in [1.82, 2.24) is 5.32 Å². The molecule has 1 amide bonds. The molecule has 1 atom stereocenters. The van der Waals surface area contributed by atoms with E-state index in [1.54, 1.807) is 0 Å². The van der Waals surface area contributed by atoms with Gasteiger partial charge in [-0.2, -0.15) is 0 Å². The third kappa shape index (κ3) is 3.15. The van der Waals surface area contributed by atoms with Crippen LogP contribution in [0, 0.1) is 5.41 Å². The highest BCUT2D eigenvalue weighted by Crippen LogP contribution is 2.36. The van der Waals surface area contributed by atoms with Gasteiger partial charge in [0.1, 0.15) is 0 Å². The van der Waals surface area contributed by atoms with Gasteiger partial charge in [0.25, 0.3) is 0 Å². The zero-order chi connectivity index (χ0) is 14.8. The average Bonchev–Trinajstić information content (AvgIpc) is 2.80. The second-order valence-electron chi connectivity index (χ2n) is 5.66. The smallest absolute Gasteiger partial charge is 0.225 e. The Hall–Kier alpha value is -1.07. The Morgan fingerprint density at radius 2 is 2.30 bits per heavy atom. The lowest BCUT2D eigenvalue weighted by Crippen LogP contribution is -2.37. The van der Waals surface area contributed by atoms with E-state index in [-0.39, 0.29) is 5.91 Å². The summed E-state index contributed by atoms with van der Waals surface area (Å²) in [4.78, 5) is 13.8. The summed E-state index contributed by atoms with van der Waals surface area (Å²) in [6.07, 6.45) is 0.813. The summed E-state index contributed by atoms with van der Waals surface area (Å²) in [5, 5.41) is 3.31. The highest BCUT2D eigenvalue weighted by Gasteiger charge is 2.39. The zero-order valence-electron chi connectivity index (χ0n) is 12.1. The first-order chi connectivity index (χ1) is 9.46. The normalized spacial score (nSPS) is 22.2. The molecule has 1 saturated heterocycles. The number of rotatable bonds is 5. The summed E-state index contributed by atoms with van der Waals surface area (Å²) in [6.45, 7) is 7.43. The second kappa shape index (κ2) is 6.14. The number of hydrogen-bond acceptors (Lipinski definition) is 3. The van der Waals surface area contributed by atoms with Crippen molar-refractivity contribution >= 4 is 27.5 Å². The molecule has 0 saturated carbocycles. The Bertz CT molecular complexity index is 506. The van der Waals surface area contributed by atoms with E-state index in [1.165, 1.54) is 5.56 Å². The van der Waals surface area contributed by atoms with Crippen LogP contribution < -0.4 is 16.0 Å². The molecule has 0 spiro atoms. The summed E-state index contributed by atoms with van der Waals surface area (Å²) in [7, 11) is 0. The number of hydrogen-bond donors (Lipinski definition) is 2. The fourth-order valence-corrected chi connectivity index (χ4v) is 3.23. The number of amides is 1. The predicted octanol–water partition coefficient (Wildman–Crippen LogP) is 2.26. The first kappa shape index (κ1) is 15.3. The third-order valence-electron chi connectivity index (χ3n) is 4.00. The Labute approximate surface area is 128 Å². The first-order valence-electron chi connectivity index (χ1n) is 7.00. The minimum atomic E-state index is -0.415. The molecule has 0 radical (unpaired) electrons. The van der Waals surface area contributed by atoms with Crippen molar-refractivity contribution in [2.75, 3.05) is 24.5 Å². The van der Waals surface area contributed by atoms with Gasteiger partial charge in [0, 0.05) is 24.1 Å². The van der Waals surface area contributed by atoms with Crippen LogP contribution in [0.3, 0.4) is 0 Å². The number of primary amides is 1. The van der Waals surface area contributed by atoms with E-state index in [9.17, 15) is 4.79 Å². The molecular formula is C15H22BrN3O. The van der Waals surface area contributed by atoms with E-state index in [2.05, 4.69) is 51.3 Å². The van der Waals surface area contributed by atoms with E-state index in [1.807, 2.05) is 6.92 Å². The van der Waals surface area contributed by atoms with Crippen molar-refractivity contribution in [1.29, 1.82) is 0 Å². The van der Waals surface area contributed by atoms with Gasteiger partial charge in [-0.25, -0.2) is 0 Å². The number of halogens is 1. The van der Waals surface area contributed by atoms with Crippen LogP contribution in [0.4, 0.5) is 5.69 Å². The highest BCUT2D eigenvalue weighted by molar-refractivity contribution is 9.10. The van der Waals surface area contributed by atoms with Gasteiger partial charge in [-0.1, -0.05) is 13.0 Å². The average molecular weight is 340 g/mol. The quantitative estimate of drug-likeness (QED) is 0.864. The Kier molecular flexibility index (Phi) is 4.70. The van der Waals surface area contributed by atoms with Crippen LogP contribution in [-0.4, -0.2) is 25.5 Å². The molecule has 4 nitrogen and oxygen atoms in total. The number of anilines is 1. The van der Waals surface area contributed by atoms with Gasteiger partial charge < -0.3 is 16.0 Å². The Morgan fingerprint density at radius 3 is 2.85 bits per heavy atom. The molecule has 1 heterocycles. The zero-order valence-corrected chi connectivity index (χ0v) is 13.7. The molecule has 20 heavy (non-hydrogen) atoms. The van der Waals surface area contributed by atoms with Gasteiger partial charge in [0.15, 0.2) is 0 Å². The lowest BCUT2D eigenvalue weighted by Gasteiger charge is -2.23. The molecule has 1 aromatic carbocycles. The van der Waals surface area contributed by atoms with E-state index in [0.29, 0.717) is 6.54 Å². The van der Waals surface area contributed by atoms with Crippen LogP contribution in [0.1, 0.15) is 25.8 Å². The SMILES string of the molecule is CCNCc1ccc(N2CCC(C)(C(N)=O)C2)c(Br)c1. The van der Waals surface area contributed by atoms with Gasteiger partial charge in [-0.05, 0) is 53.5 Å². The Balaban J connectivity index is 2.12. The van der Waals surface area contributed by atoms with E-state index in [4.69, 9.17) is 5.73 Å². The minimum absolute atomic E-state index is 0.208. The molecule has 0 aromatic heterocycles. The molecule has 2 rings (SSSR count). The predicted molar refractivity (Wildman–Crippen MR) is 85.7 cm³/mol. The van der Waals surface area contributed by atoms with E-state index in [0.717, 1.165) is 36.2 Å². The summed E-state index contributed by atoms with van der Waals surface area (Å²) >= 11 is 3.64. The highest BCUT2D eigenvalue weighted by atomic mass is 79.9. The van der Waals surface area contributed by atoms with Gasteiger partial charge in [-0.15, -0.1) is 0 Å². The topological polar surface area (TPSA) is 58.4 Å². The first-order valence-corrected chi connectivity index (χ1v) is 7.79. The molecule has 1 unspecified atom stereocenters. The van der Waals surface area contributed by atoms with Crippen molar-refractivity contribution in [3.8, 4) is 0 Å². The van der Waals surface area contributed by atoms with Crippen molar-refractivity contribution in [2.24, 2.45) is 11.1 Å². The van der Waals surface area contributed by atoms with Crippen molar-refractivity contribution in [3.63, 3.8) is 0 Å². The third-order valence-corrected chi connectivity index (χ3v) is 4.64. The summed E-state index contributed by atoms with van der Waals surface area (Å²) in [5.74, 6) is -0.208. The monoisotopic (exact) mass is 339 g/mol.